The minimum absolute atomic E-state index is 0.196. The van der Waals surface area contributed by atoms with Gasteiger partial charge in [-0.2, -0.15) is 4.31 Å². The van der Waals surface area contributed by atoms with Gasteiger partial charge < -0.3 is 0 Å². The molecule has 4 nitrogen and oxygen atoms in total. The molecule has 2 aromatic carbocycles. The normalized spacial score (nSPS) is 27.0. The van der Waals surface area contributed by atoms with Crippen molar-refractivity contribution in [2.24, 2.45) is 11.8 Å². The van der Waals surface area contributed by atoms with Crippen molar-refractivity contribution >= 4 is 10.0 Å². The van der Waals surface area contributed by atoms with Crippen molar-refractivity contribution in [2.75, 3.05) is 26.7 Å². The molecular weight excluding hydrogens is 351 g/mol. The topological polar surface area (TPSA) is 40.6 Å². The molecule has 6 heteroatoms. The minimum Gasteiger partial charge on any atom is -0.299 e. The van der Waals surface area contributed by atoms with Gasteiger partial charge in [-0.1, -0.05) is 36.4 Å². The number of halogens is 1. The lowest BCUT2D eigenvalue weighted by Crippen LogP contribution is -2.34. The van der Waals surface area contributed by atoms with Crippen LogP contribution in [-0.4, -0.2) is 44.3 Å². The molecule has 0 unspecified atom stereocenters. The summed E-state index contributed by atoms with van der Waals surface area (Å²) in [5, 5.41) is 0. The number of nitrogens with zero attached hydrogens (tertiary/aromatic N) is 2. The van der Waals surface area contributed by atoms with Crippen LogP contribution in [0, 0.1) is 24.6 Å². The standard InChI is InChI=1S/C20H23FN2O2S/c1-14-7-3-4-8-16(14)20-17-13-23(12-15(17)11-22(20)2)26(24,25)19-10-6-5-9-18(19)21/h3-10,15,17,20H,11-13H2,1-2H3/t15-,17+,20-/m0/s1. The molecule has 0 N–H and O–H groups in total. The van der Waals surface area contributed by atoms with Crippen molar-refractivity contribution in [3.05, 3.63) is 65.5 Å². The Morgan fingerprint density at radius 2 is 1.69 bits per heavy atom. The fourth-order valence-electron chi connectivity index (χ4n) is 4.59. The molecule has 2 saturated heterocycles. The second-order valence-corrected chi connectivity index (χ2v) is 9.32. The molecule has 26 heavy (non-hydrogen) atoms. The molecule has 0 saturated carbocycles. The number of fused-ring (bicyclic) bond motifs is 1. The van der Waals surface area contributed by atoms with Crippen LogP contribution in [-0.2, 0) is 10.0 Å². The van der Waals surface area contributed by atoms with Gasteiger partial charge in [0.15, 0.2) is 0 Å². The highest BCUT2D eigenvalue weighted by Gasteiger charge is 2.49. The highest BCUT2D eigenvalue weighted by molar-refractivity contribution is 7.89. The quantitative estimate of drug-likeness (QED) is 0.829. The third kappa shape index (κ3) is 2.76. The van der Waals surface area contributed by atoms with Gasteiger partial charge in [0.2, 0.25) is 10.0 Å². The van der Waals surface area contributed by atoms with Gasteiger partial charge in [0.1, 0.15) is 10.7 Å². The van der Waals surface area contributed by atoms with E-state index in [-0.39, 0.29) is 22.8 Å². The average Bonchev–Trinajstić information content (AvgIpc) is 3.13. The first-order valence-electron chi connectivity index (χ1n) is 8.90. The summed E-state index contributed by atoms with van der Waals surface area (Å²) in [5.74, 6) is -0.189. The third-order valence-corrected chi connectivity index (χ3v) is 7.69. The predicted molar refractivity (Wildman–Crippen MR) is 98.7 cm³/mol. The second-order valence-electron chi connectivity index (χ2n) is 7.42. The van der Waals surface area contributed by atoms with Gasteiger partial charge in [-0.05, 0) is 49.1 Å². The van der Waals surface area contributed by atoms with Crippen molar-refractivity contribution in [3.8, 4) is 0 Å². The Hall–Kier alpha value is -1.76. The lowest BCUT2D eigenvalue weighted by Gasteiger charge is -2.28. The van der Waals surface area contributed by atoms with Crippen LogP contribution in [0.2, 0.25) is 0 Å². The first-order chi connectivity index (χ1) is 12.4. The van der Waals surface area contributed by atoms with Crippen molar-refractivity contribution in [2.45, 2.75) is 17.9 Å². The Labute approximate surface area is 154 Å². The second kappa shape index (κ2) is 6.44. The summed E-state index contributed by atoms with van der Waals surface area (Å²) in [6, 6.07) is 14.1. The van der Waals surface area contributed by atoms with Gasteiger partial charge in [0.25, 0.3) is 0 Å². The highest BCUT2D eigenvalue weighted by Crippen LogP contribution is 2.46. The van der Waals surface area contributed by atoms with E-state index in [2.05, 4.69) is 31.0 Å². The summed E-state index contributed by atoms with van der Waals surface area (Å²) < 4.78 is 41.4. The third-order valence-electron chi connectivity index (χ3n) is 5.82. The molecule has 0 spiro atoms. The van der Waals surface area contributed by atoms with E-state index in [0.717, 1.165) is 6.54 Å². The van der Waals surface area contributed by atoms with Crippen molar-refractivity contribution in [3.63, 3.8) is 0 Å². The molecule has 2 aliphatic heterocycles. The van der Waals surface area contributed by atoms with Crippen molar-refractivity contribution < 1.29 is 12.8 Å². The smallest absolute Gasteiger partial charge is 0.246 e. The Morgan fingerprint density at radius 3 is 2.42 bits per heavy atom. The molecular formula is C20H23FN2O2S. The molecule has 2 aliphatic rings. The zero-order valence-corrected chi connectivity index (χ0v) is 15.8. The Bertz CT molecular complexity index is 931. The van der Waals surface area contributed by atoms with E-state index in [1.165, 1.54) is 33.6 Å². The summed E-state index contributed by atoms with van der Waals surface area (Å²) in [7, 11) is -1.70. The molecule has 0 aromatic heterocycles. The van der Waals surface area contributed by atoms with Crippen LogP contribution >= 0.6 is 0 Å². The van der Waals surface area contributed by atoms with E-state index in [1.54, 1.807) is 6.07 Å². The number of sulfonamides is 1. The lowest BCUT2D eigenvalue weighted by molar-refractivity contribution is 0.260. The lowest BCUT2D eigenvalue weighted by atomic mass is 9.88. The molecule has 138 valence electrons. The van der Waals surface area contributed by atoms with Crippen molar-refractivity contribution in [1.82, 2.24) is 9.21 Å². The first kappa shape index (κ1) is 17.6. The van der Waals surface area contributed by atoms with Crippen LogP contribution in [0.15, 0.2) is 53.4 Å². The number of aryl methyl sites for hydroxylation is 1. The minimum atomic E-state index is -3.80. The Morgan fingerprint density at radius 1 is 1.00 bits per heavy atom. The number of hydrogen-bond acceptors (Lipinski definition) is 3. The Balaban J connectivity index is 1.64. The van der Waals surface area contributed by atoms with Crippen molar-refractivity contribution in [1.29, 1.82) is 0 Å². The molecule has 4 rings (SSSR count). The maximum Gasteiger partial charge on any atom is 0.246 e. The maximum absolute atomic E-state index is 14.1. The number of benzene rings is 2. The summed E-state index contributed by atoms with van der Waals surface area (Å²) >= 11 is 0. The molecule has 0 aliphatic carbocycles. The van der Waals surface area contributed by atoms with Crippen LogP contribution in [0.1, 0.15) is 17.2 Å². The molecule has 3 atom stereocenters. The predicted octanol–water partition coefficient (Wildman–Crippen LogP) is 3.06. The zero-order chi connectivity index (χ0) is 18.5. The van der Waals surface area contributed by atoms with Crippen LogP contribution in [0.3, 0.4) is 0 Å². The molecule has 2 aromatic rings. The zero-order valence-electron chi connectivity index (χ0n) is 15.0. The van der Waals surface area contributed by atoms with Crippen LogP contribution in [0.25, 0.3) is 0 Å². The van der Waals surface area contributed by atoms with E-state index < -0.39 is 15.8 Å². The number of rotatable bonds is 3. The van der Waals surface area contributed by atoms with E-state index in [4.69, 9.17) is 0 Å². The van der Waals surface area contributed by atoms with Crippen LogP contribution in [0.4, 0.5) is 4.39 Å². The molecule has 2 heterocycles. The largest absolute Gasteiger partial charge is 0.299 e. The summed E-state index contributed by atoms with van der Waals surface area (Å²) in [6.45, 7) is 3.84. The molecule has 0 bridgehead atoms. The van der Waals surface area contributed by atoms with E-state index >= 15 is 0 Å². The molecule has 0 radical (unpaired) electrons. The van der Waals surface area contributed by atoms with Gasteiger partial charge in [-0.25, -0.2) is 12.8 Å². The fraction of sp³-hybridized carbons (Fsp3) is 0.400. The van der Waals surface area contributed by atoms with E-state index in [1.807, 2.05) is 12.1 Å². The summed E-state index contributed by atoms with van der Waals surface area (Å²) in [5.41, 5.74) is 2.48. The highest BCUT2D eigenvalue weighted by atomic mass is 32.2. The first-order valence-corrected chi connectivity index (χ1v) is 10.3. The van der Waals surface area contributed by atoms with Crippen LogP contribution in [0.5, 0.6) is 0 Å². The maximum atomic E-state index is 14.1. The van der Waals surface area contributed by atoms with Gasteiger partial charge in [-0.15, -0.1) is 0 Å². The summed E-state index contributed by atoms with van der Waals surface area (Å²) in [6.07, 6.45) is 0. The van der Waals surface area contributed by atoms with Gasteiger partial charge >= 0.3 is 0 Å². The van der Waals surface area contributed by atoms with Gasteiger partial charge in [0.05, 0.1) is 0 Å². The monoisotopic (exact) mass is 374 g/mol. The van der Waals surface area contributed by atoms with Crippen LogP contribution < -0.4 is 0 Å². The van der Waals surface area contributed by atoms with E-state index in [9.17, 15) is 12.8 Å². The van der Waals surface area contributed by atoms with Gasteiger partial charge in [-0.3, -0.25) is 4.90 Å². The summed E-state index contributed by atoms with van der Waals surface area (Å²) in [4.78, 5) is 2.10. The molecule has 0 amide bonds. The average molecular weight is 374 g/mol. The van der Waals surface area contributed by atoms with E-state index in [0.29, 0.717) is 13.1 Å². The molecule has 2 fully saturated rings. The number of likely N-dealkylation sites (tertiary alicyclic amines) is 1. The SMILES string of the molecule is Cc1ccccc1[C@H]1[C@@H]2CN(S(=O)(=O)c3ccccc3F)C[C@@H]2CN1C. The Kier molecular flexibility index (Phi) is 4.37. The number of hydrogen-bond donors (Lipinski definition) is 0. The fourth-order valence-corrected chi connectivity index (χ4v) is 6.19. The van der Waals surface area contributed by atoms with Gasteiger partial charge in [0, 0.05) is 25.7 Å².